The highest BCUT2D eigenvalue weighted by atomic mass is 15.2. The third-order valence-electron chi connectivity index (χ3n) is 9.60. The Bertz CT molecular complexity index is 2370. The van der Waals surface area contributed by atoms with E-state index in [1.54, 1.807) is 0 Å². The van der Waals surface area contributed by atoms with Crippen LogP contribution in [0.3, 0.4) is 0 Å². The zero-order chi connectivity index (χ0) is 31.5. The van der Waals surface area contributed by atoms with Crippen molar-refractivity contribution in [3.63, 3.8) is 0 Å². The standard InChI is InChI=1S/C43H32N4/c1-43(2)34-21-12-13-22-37(34)46(32-19-10-5-11-20-32)42-35(43)25-24-33-40-38(23-14-26-44-40)47(41(33)42)39-28-31(29-15-6-3-7-16-29)27-36(45-39)30-17-8-4-9-18-30/h3-28H,1-2H3. The molecule has 0 bridgehead atoms. The minimum Gasteiger partial charge on any atom is -0.308 e. The minimum absolute atomic E-state index is 0.241. The maximum atomic E-state index is 5.42. The lowest BCUT2D eigenvalue weighted by Crippen LogP contribution is -2.31. The number of rotatable bonds is 4. The van der Waals surface area contributed by atoms with Gasteiger partial charge in [-0.25, -0.2) is 4.98 Å². The molecule has 0 saturated heterocycles. The lowest BCUT2D eigenvalue weighted by molar-refractivity contribution is 0.633. The monoisotopic (exact) mass is 604 g/mol. The molecule has 4 nitrogen and oxygen atoms in total. The van der Waals surface area contributed by atoms with Crippen LogP contribution in [0.25, 0.3) is 50.1 Å². The Morgan fingerprint density at radius 1 is 0.574 bits per heavy atom. The largest absolute Gasteiger partial charge is 0.308 e. The molecule has 1 aliphatic rings. The van der Waals surface area contributed by atoms with Crippen LogP contribution < -0.4 is 4.90 Å². The zero-order valence-electron chi connectivity index (χ0n) is 26.3. The Hall–Kier alpha value is -6.00. The molecule has 4 heterocycles. The molecule has 0 saturated carbocycles. The Balaban J connectivity index is 1.44. The summed E-state index contributed by atoms with van der Waals surface area (Å²) in [5.41, 5.74) is 13.1. The first-order valence-corrected chi connectivity index (χ1v) is 16.1. The highest BCUT2D eigenvalue weighted by molar-refractivity contribution is 6.14. The Kier molecular flexibility index (Phi) is 6.12. The second-order valence-electron chi connectivity index (χ2n) is 12.7. The molecule has 9 rings (SSSR count). The molecular weight excluding hydrogens is 573 g/mol. The van der Waals surface area contributed by atoms with E-state index in [9.17, 15) is 0 Å². The molecule has 1 aliphatic heterocycles. The summed E-state index contributed by atoms with van der Waals surface area (Å²) in [6, 6.07) is 53.8. The highest BCUT2D eigenvalue weighted by Gasteiger charge is 2.39. The molecular formula is C43H32N4. The molecule has 0 unspecified atom stereocenters. The average Bonchev–Trinajstić information content (AvgIpc) is 3.48. The number of fused-ring (bicyclic) bond motifs is 6. The summed E-state index contributed by atoms with van der Waals surface area (Å²) in [7, 11) is 0. The molecule has 0 spiro atoms. The van der Waals surface area contributed by atoms with Gasteiger partial charge in [0.25, 0.3) is 0 Å². The van der Waals surface area contributed by atoms with Gasteiger partial charge in [-0.3, -0.25) is 9.55 Å². The summed E-state index contributed by atoms with van der Waals surface area (Å²) in [6.45, 7) is 4.68. The van der Waals surface area contributed by atoms with E-state index in [0.717, 1.165) is 61.5 Å². The van der Waals surface area contributed by atoms with Crippen LogP contribution in [0.2, 0.25) is 0 Å². The summed E-state index contributed by atoms with van der Waals surface area (Å²) in [6.07, 6.45) is 1.89. The second-order valence-corrected chi connectivity index (χ2v) is 12.7. The number of anilines is 3. The number of hydrogen-bond donors (Lipinski definition) is 0. The lowest BCUT2D eigenvalue weighted by Gasteiger charge is -2.42. The Morgan fingerprint density at radius 2 is 1.26 bits per heavy atom. The van der Waals surface area contributed by atoms with Crippen LogP contribution in [0.5, 0.6) is 0 Å². The van der Waals surface area contributed by atoms with Crippen LogP contribution in [0, 0.1) is 0 Å². The number of benzene rings is 5. The molecule has 0 atom stereocenters. The van der Waals surface area contributed by atoms with Gasteiger partial charge in [-0.15, -0.1) is 0 Å². The number of nitrogens with zero attached hydrogens (tertiary/aromatic N) is 4. The Morgan fingerprint density at radius 3 is 2.02 bits per heavy atom. The molecule has 0 aliphatic carbocycles. The summed E-state index contributed by atoms with van der Waals surface area (Å²) in [4.78, 5) is 12.8. The fourth-order valence-corrected chi connectivity index (χ4v) is 7.36. The third kappa shape index (κ3) is 4.22. The van der Waals surface area contributed by atoms with Gasteiger partial charge >= 0.3 is 0 Å². The maximum Gasteiger partial charge on any atom is 0.139 e. The van der Waals surface area contributed by atoms with Crippen LogP contribution in [-0.2, 0) is 5.41 Å². The van der Waals surface area contributed by atoms with Crippen molar-refractivity contribution >= 4 is 39.0 Å². The van der Waals surface area contributed by atoms with E-state index < -0.39 is 0 Å². The van der Waals surface area contributed by atoms with Crippen LogP contribution in [0.1, 0.15) is 25.0 Å². The summed E-state index contributed by atoms with van der Waals surface area (Å²) in [5, 5.41) is 1.10. The van der Waals surface area contributed by atoms with E-state index >= 15 is 0 Å². The number of para-hydroxylation sites is 2. The predicted molar refractivity (Wildman–Crippen MR) is 194 cm³/mol. The fourth-order valence-electron chi connectivity index (χ4n) is 7.36. The molecule has 224 valence electrons. The van der Waals surface area contributed by atoms with Crippen molar-refractivity contribution in [3.05, 3.63) is 169 Å². The molecule has 3 aromatic heterocycles. The van der Waals surface area contributed by atoms with Crippen LogP contribution in [-0.4, -0.2) is 14.5 Å². The average molecular weight is 605 g/mol. The van der Waals surface area contributed by atoms with E-state index in [2.05, 4.69) is 163 Å². The van der Waals surface area contributed by atoms with Gasteiger partial charge in [0.15, 0.2) is 0 Å². The Labute approximate surface area is 274 Å². The van der Waals surface area contributed by atoms with Crippen LogP contribution in [0.4, 0.5) is 17.1 Å². The minimum atomic E-state index is -0.241. The van der Waals surface area contributed by atoms with E-state index in [0.29, 0.717) is 0 Å². The van der Waals surface area contributed by atoms with Crippen LogP contribution >= 0.6 is 0 Å². The van der Waals surface area contributed by atoms with E-state index in [-0.39, 0.29) is 5.41 Å². The first-order valence-electron chi connectivity index (χ1n) is 16.1. The first-order chi connectivity index (χ1) is 23.1. The van der Waals surface area contributed by atoms with Gasteiger partial charge in [-0.05, 0) is 64.7 Å². The summed E-state index contributed by atoms with van der Waals surface area (Å²) < 4.78 is 2.34. The van der Waals surface area contributed by atoms with Gasteiger partial charge in [0.05, 0.1) is 33.6 Å². The summed E-state index contributed by atoms with van der Waals surface area (Å²) in [5.74, 6) is 0.858. The van der Waals surface area contributed by atoms with Crippen LogP contribution in [0.15, 0.2) is 158 Å². The molecule has 0 radical (unpaired) electrons. The number of pyridine rings is 2. The van der Waals surface area contributed by atoms with Crippen molar-refractivity contribution < 1.29 is 0 Å². The van der Waals surface area contributed by atoms with E-state index in [1.165, 1.54) is 16.8 Å². The summed E-state index contributed by atoms with van der Waals surface area (Å²) >= 11 is 0. The molecule has 0 fully saturated rings. The zero-order valence-corrected chi connectivity index (χ0v) is 26.3. The number of hydrogen-bond acceptors (Lipinski definition) is 3. The molecule has 0 amide bonds. The lowest BCUT2D eigenvalue weighted by atomic mass is 9.73. The molecule has 8 aromatic rings. The van der Waals surface area contributed by atoms with Gasteiger partial charge < -0.3 is 4.90 Å². The van der Waals surface area contributed by atoms with Gasteiger partial charge in [-0.2, -0.15) is 0 Å². The van der Waals surface area contributed by atoms with Crippen molar-refractivity contribution in [3.8, 4) is 28.2 Å². The molecule has 5 aromatic carbocycles. The van der Waals surface area contributed by atoms with Gasteiger partial charge in [-0.1, -0.05) is 123 Å². The van der Waals surface area contributed by atoms with Crippen molar-refractivity contribution in [1.82, 2.24) is 14.5 Å². The predicted octanol–water partition coefficient (Wildman–Crippen LogP) is 11.0. The van der Waals surface area contributed by atoms with E-state index in [4.69, 9.17) is 9.97 Å². The topological polar surface area (TPSA) is 34.0 Å². The van der Waals surface area contributed by atoms with Crippen molar-refractivity contribution in [1.29, 1.82) is 0 Å². The van der Waals surface area contributed by atoms with Gasteiger partial charge in [0.2, 0.25) is 0 Å². The maximum absolute atomic E-state index is 5.42. The van der Waals surface area contributed by atoms with Crippen molar-refractivity contribution in [2.24, 2.45) is 0 Å². The van der Waals surface area contributed by atoms with Crippen molar-refractivity contribution in [2.45, 2.75) is 19.3 Å². The van der Waals surface area contributed by atoms with E-state index in [1.807, 2.05) is 18.3 Å². The second kappa shape index (κ2) is 10.5. The van der Waals surface area contributed by atoms with Gasteiger partial charge in [0.1, 0.15) is 5.82 Å². The van der Waals surface area contributed by atoms with Gasteiger partial charge in [0, 0.05) is 28.2 Å². The van der Waals surface area contributed by atoms with Crippen molar-refractivity contribution in [2.75, 3.05) is 4.90 Å². The normalized spacial score (nSPS) is 13.4. The number of aromatic nitrogens is 3. The highest BCUT2D eigenvalue weighted by Crippen LogP contribution is 2.55. The molecule has 4 heteroatoms. The molecule has 47 heavy (non-hydrogen) atoms. The smallest absolute Gasteiger partial charge is 0.139 e. The molecule has 0 N–H and O–H groups in total. The SMILES string of the molecule is CC1(C)c2ccccc2N(c2ccccc2)c2c1ccc1c3ncccc3n(-c3cc(-c4ccccc4)cc(-c4ccccc4)n3)c21. The quantitative estimate of drug-likeness (QED) is 0.200. The fraction of sp³-hybridized carbons (Fsp3) is 0.0698. The first kappa shape index (κ1) is 27.3. The third-order valence-corrected chi connectivity index (χ3v) is 9.60.